The van der Waals surface area contributed by atoms with E-state index < -0.39 is 5.97 Å². The van der Waals surface area contributed by atoms with Crippen LogP contribution in [0.2, 0.25) is 0 Å². The highest BCUT2D eigenvalue weighted by Gasteiger charge is 2.28. The number of nitrogens with zero attached hydrogens (tertiary/aromatic N) is 2. The molecule has 1 aliphatic rings. The fraction of sp³-hybridized carbons (Fsp3) is 0.417. The highest BCUT2D eigenvalue weighted by Crippen LogP contribution is 2.40. The number of esters is 1. The second-order valence-electron chi connectivity index (χ2n) is 8.33. The molecule has 1 N–H and O–H groups in total. The molecule has 2 aromatic heterocycles. The van der Waals surface area contributed by atoms with E-state index in [0.29, 0.717) is 27.8 Å². The zero-order valence-electron chi connectivity index (χ0n) is 19.7. The van der Waals surface area contributed by atoms with E-state index in [-0.39, 0.29) is 23.3 Å². The molecule has 0 aliphatic heterocycles. The molecule has 35 heavy (non-hydrogen) atoms. The molecule has 0 saturated heterocycles. The van der Waals surface area contributed by atoms with E-state index >= 15 is 0 Å². The molecule has 7 nitrogen and oxygen atoms in total. The number of nitrogens with one attached hydrogen (secondary N) is 1. The topological polar surface area (TPSA) is 89.8 Å². The first-order chi connectivity index (χ1) is 16.8. The maximum Gasteiger partial charge on any atom is 0.341 e. The van der Waals surface area contributed by atoms with Gasteiger partial charge in [0.25, 0.3) is 5.91 Å². The Bertz CT molecular complexity index is 1360. The van der Waals surface area contributed by atoms with Crippen LogP contribution in [0.1, 0.15) is 41.1 Å². The first-order valence-corrected chi connectivity index (χ1v) is 14.9. The Morgan fingerprint density at radius 3 is 2.83 bits per heavy atom. The van der Waals surface area contributed by atoms with Crippen molar-refractivity contribution < 1.29 is 19.1 Å². The van der Waals surface area contributed by atoms with E-state index in [4.69, 9.17) is 4.74 Å². The SMILES string of the molecule is CCn1c(=NC(=O)CSCC(=O)Nc2sc3c(c2C(=O)OC)CCC(C)C3)sc2cc(Br)ccc21. The number of carbonyl (C=O) groups is 3. The number of ether oxygens (including phenoxy) is 1. The molecule has 0 saturated carbocycles. The van der Waals surface area contributed by atoms with Gasteiger partial charge in [0, 0.05) is 15.9 Å². The number of aryl methyl sites for hydroxylation is 1. The van der Waals surface area contributed by atoms with Gasteiger partial charge in [0.1, 0.15) is 5.00 Å². The minimum Gasteiger partial charge on any atom is -0.465 e. The molecular weight excluding hydrogens is 570 g/mol. The summed E-state index contributed by atoms with van der Waals surface area (Å²) in [6, 6.07) is 5.99. The van der Waals surface area contributed by atoms with Gasteiger partial charge in [-0.15, -0.1) is 23.1 Å². The van der Waals surface area contributed by atoms with Crippen molar-refractivity contribution in [3.63, 3.8) is 0 Å². The number of amides is 2. The lowest BCUT2D eigenvalue weighted by Crippen LogP contribution is -2.19. The van der Waals surface area contributed by atoms with Gasteiger partial charge in [-0.05, 0) is 55.9 Å². The van der Waals surface area contributed by atoms with Crippen LogP contribution in [-0.4, -0.2) is 41.0 Å². The van der Waals surface area contributed by atoms with E-state index in [1.54, 1.807) is 0 Å². The van der Waals surface area contributed by atoms with Crippen molar-refractivity contribution >= 4 is 83.4 Å². The van der Waals surface area contributed by atoms with Gasteiger partial charge in [0.15, 0.2) is 4.80 Å². The maximum atomic E-state index is 12.6. The maximum absolute atomic E-state index is 12.6. The van der Waals surface area contributed by atoms with Crippen LogP contribution in [0, 0.1) is 5.92 Å². The van der Waals surface area contributed by atoms with Crippen molar-refractivity contribution in [2.45, 2.75) is 39.7 Å². The quantitative estimate of drug-likeness (QED) is 0.376. The van der Waals surface area contributed by atoms with Gasteiger partial charge in [-0.25, -0.2) is 4.79 Å². The second-order valence-corrected chi connectivity index (χ2v) is 12.4. The highest BCUT2D eigenvalue weighted by atomic mass is 79.9. The van der Waals surface area contributed by atoms with Crippen molar-refractivity contribution in [3.8, 4) is 0 Å². The van der Waals surface area contributed by atoms with Gasteiger partial charge in [-0.1, -0.05) is 34.2 Å². The van der Waals surface area contributed by atoms with Crippen molar-refractivity contribution in [1.82, 2.24) is 4.57 Å². The molecule has 186 valence electrons. The van der Waals surface area contributed by atoms with E-state index in [1.807, 2.05) is 29.7 Å². The summed E-state index contributed by atoms with van der Waals surface area (Å²) in [5, 5.41) is 3.41. The molecule has 1 aliphatic carbocycles. The fourth-order valence-electron chi connectivity index (χ4n) is 4.13. The Morgan fingerprint density at radius 2 is 2.09 bits per heavy atom. The number of benzene rings is 1. The lowest BCUT2D eigenvalue weighted by molar-refractivity contribution is -0.115. The van der Waals surface area contributed by atoms with Crippen LogP contribution in [0.25, 0.3) is 10.2 Å². The number of fused-ring (bicyclic) bond motifs is 2. The lowest BCUT2D eigenvalue weighted by Gasteiger charge is -2.18. The number of hydrogen-bond acceptors (Lipinski definition) is 7. The first-order valence-electron chi connectivity index (χ1n) is 11.3. The van der Waals surface area contributed by atoms with E-state index in [1.165, 1.54) is 41.5 Å². The van der Waals surface area contributed by atoms with Crippen molar-refractivity contribution in [2.24, 2.45) is 10.9 Å². The van der Waals surface area contributed by atoms with Crippen LogP contribution in [-0.2, 0) is 33.7 Å². The Morgan fingerprint density at radius 1 is 1.29 bits per heavy atom. The predicted octanol–water partition coefficient (Wildman–Crippen LogP) is 5.26. The molecule has 1 aromatic carbocycles. The van der Waals surface area contributed by atoms with Gasteiger partial charge in [-0.3, -0.25) is 9.59 Å². The number of methoxy groups -OCH3 is 1. The third-order valence-electron chi connectivity index (χ3n) is 5.79. The normalized spacial score (nSPS) is 15.8. The number of thiophene rings is 1. The van der Waals surface area contributed by atoms with Crippen molar-refractivity contribution in [3.05, 3.63) is 43.5 Å². The third-order valence-corrected chi connectivity index (χ3v) is 9.42. The standard InChI is InChI=1S/C24H26BrN3O4S3/c1-4-28-16-8-6-14(25)10-18(16)35-24(28)27-20(30)12-33-11-19(29)26-22-21(23(31)32-3)15-7-5-13(2)9-17(15)34-22/h6,8,10,13H,4-5,7,9,11-12H2,1-3H3,(H,26,29). The number of halogens is 1. The summed E-state index contributed by atoms with van der Waals surface area (Å²) in [6.45, 7) is 4.91. The van der Waals surface area contributed by atoms with E-state index in [9.17, 15) is 14.4 Å². The van der Waals surface area contributed by atoms with Crippen LogP contribution in [0.5, 0.6) is 0 Å². The molecule has 1 atom stereocenters. The van der Waals surface area contributed by atoms with E-state index in [2.05, 4.69) is 33.2 Å². The monoisotopic (exact) mass is 595 g/mol. The number of anilines is 1. The number of aromatic nitrogens is 1. The molecule has 3 aromatic rings. The third kappa shape index (κ3) is 5.90. The zero-order valence-corrected chi connectivity index (χ0v) is 23.7. The number of rotatable bonds is 7. The first kappa shape index (κ1) is 26.1. The lowest BCUT2D eigenvalue weighted by atomic mass is 9.88. The highest BCUT2D eigenvalue weighted by molar-refractivity contribution is 9.10. The van der Waals surface area contributed by atoms with Crippen LogP contribution in [0.4, 0.5) is 5.00 Å². The number of hydrogen-bond donors (Lipinski definition) is 1. The van der Waals surface area contributed by atoms with Gasteiger partial charge >= 0.3 is 5.97 Å². The molecule has 0 fully saturated rings. The largest absolute Gasteiger partial charge is 0.465 e. The van der Waals surface area contributed by atoms with Crippen LogP contribution in [0.3, 0.4) is 0 Å². The van der Waals surface area contributed by atoms with Gasteiger partial charge in [0.05, 0.1) is 34.4 Å². The smallest absolute Gasteiger partial charge is 0.341 e. The van der Waals surface area contributed by atoms with Crippen LogP contribution < -0.4 is 10.1 Å². The van der Waals surface area contributed by atoms with Gasteiger partial charge in [-0.2, -0.15) is 4.99 Å². The van der Waals surface area contributed by atoms with Crippen LogP contribution in [0.15, 0.2) is 27.7 Å². The Labute approximate surface area is 224 Å². The number of carbonyl (C=O) groups excluding carboxylic acids is 3. The summed E-state index contributed by atoms with van der Waals surface area (Å²) in [4.78, 5) is 43.6. The second kappa shape index (κ2) is 11.4. The molecule has 4 rings (SSSR count). The Hall–Kier alpha value is -1.95. The van der Waals surface area contributed by atoms with E-state index in [0.717, 1.165) is 44.4 Å². The van der Waals surface area contributed by atoms with Crippen molar-refractivity contribution in [1.29, 1.82) is 0 Å². The zero-order chi connectivity index (χ0) is 25.1. The fourth-order valence-corrected chi connectivity index (χ4v) is 7.80. The van der Waals surface area contributed by atoms with Gasteiger partial charge in [0.2, 0.25) is 5.91 Å². The van der Waals surface area contributed by atoms with Crippen LogP contribution >= 0.6 is 50.4 Å². The Balaban J connectivity index is 1.40. The molecule has 2 amide bonds. The number of thiazole rings is 1. The molecule has 0 bridgehead atoms. The average Bonchev–Trinajstić information content (AvgIpc) is 3.34. The van der Waals surface area contributed by atoms with Gasteiger partial charge < -0.3 is 14.6 Å². The Kier molecular flexibility index (Phi) is 8.51. The molecule has 2 heterocycles. The predicted molar refractivity (Wildman–Crippen MR) is 147 cm³/mol. The minimum absolute atomic E-state index is 0.0913. The molecule has 0 spiro atoms. The summed E-state index contributed by atoms with van der Waals surface area (Å²) in [6.07, 6.45) is 2.72. The molecular formula is C24H26BrN3O4S3. The minimum atomic E-state index is -0.423. The summed E-state index contributed by atoms with van der Waals surface area (Å²) in [5.41, 5.74) is 2.51. The summed E-state index contributed by atoms with van der Waals surface area (Å²) >= 11 is 7.61. The molecule has 11 heteroatoms. The molecule has 1 unspecified atom stereocenters. The summed E-state index contributed by atoms with van der Waals surface area (Å²) < 4.78 is 9.01. The van der Waals surface area contributed by atoms with Crippen molar-refractivity contribution in [2.75, 3.05) is 23.9 Å². The number of thioether (sulfide) groups is 1. The average molecular weight is 597 g/mol. The summed E-state index contributed by atoms with van der Waals surface area (Å²) in [7, 11) is 1.35. The summed E-state index contributed by atoms with van der Waals surface area (Å²) in [5.74, 6) is -0.227. The molecule has 0 radical (unpaired) electrons.